The molecule has 0 bridgehead atoms. The van der Waals surface area contributed by atoms with Crippen LogP contribution < -0.4 is 10.5 Å². The molecule has 0 spiro atoms. The lowest BCUT2D eigenvalue weighted by Crippen LogP contribution is -2.41. The van der Waals surface area contributed by atoms with E-state index in [0.29, 0.717) is 11.3 Å². The fourth-order valence-electron chi connectivity index (χ4n) is 3.31. The molecule has 0 fully saturated rings. The van der Waals surface area contributed by atoms with Gasteiger partial charge in [-0.1, -0.05) is 0 Å². The van der Waals surface area contributed by atoms with Crippen LogP contribution in [0.25, 0.3) is 0 Å². The van der Waals surface area contributed by atoms with E-state index in [-0.39, 0.29) is 45.8 Å². The number of nitrogens with one attached hydrogen (secondary N) is 1. The molecule has 2 rings (SSSR count). The second-order valence-corrected chi connectivity index (χ2v) is 13.7. The van der Waals surface area contributed by atoms with Gasteiger partial charge in [0.1, 0.15) is 14.0 Å². The molecule has 13 heteroatoms. The van der Waals surface area contributed by atoms with E-state index in [1.165, 1.54) is 17.9 Å². The number of sulfone groups is 1. The molecule has 0 saturated heterocycles. The van der Waals surface area contributed by atoms with Crippen LogP contribution in [0.4, 0.5) is 4.79 Å². The second kappa shape index (κ2) is 9.04. The molecular formula is C18H29N3O7S3. The monoisotopic (exact) mass is 495 g/mol. The van der Waals surface area contributed by atoms with E-state index in [0.717, 1.165) is 0 Å². The summed E-state index contributed by atoms with van der Waals surface area (Å²) in [7, 11) is -7.81. The van der Waals surface area contributed by atoms with Crippen LogP contribution in [-0.2, 0) is 29.4 Å². The van der Waals surface area contributed by atoms with E-state index >= 15 is 0 Å². The number of nitrogens with two attached hydrogens (primary N) is 1. The van der Waals surface area contributed by atoms with Gasteiger partial charge in [-0.15, -0.1) is 11.3 Å². The van der Waals surface area contributed by atoms with Crippen LogP contribution in [0, 0.1) is 0 Å². The highest BCUT2D eigenvalue weighted by atomic mass is 32.3. The summed E-state index contributed by atoms with van der Waals surface area (Å²) >= 11 is 0.611. The van der Waals surface area contributed by atoms with Crippen LogP contribution in [-0.4, -0.2) is 57.7 Å². The summed E-state index contributed by atoms with van der Waals surface area (Å²) in [6.07, 6.45) is -0.528. The second-order valence-electron chi connectivity index (χ2n) is 8.32. The molecule has 0 radical (unpaired) electrons. The Morgan fingerprint density at radius 3 is 2.48 bits per heavy atom. The van der Waals surface area contributed by atoms with Gasteiger partial charge in [0.25, 0.3) is 0 Å². The van der Waals surface area contributed by atoms with Crippen LogP contribution in [0.15, 0.2) is 14.5 Å². The van der Waals surface area contributed by atoms with Crippen molar-refractivity contribution in [2.45, 2.75) is 72.8 Å². The first-order valence-electron chi connectivity index (χ1n) is 9.74. The first-order chi connectivity index (χ1) is 14.1. The number of nitrogens with zero attached hydrogens (tertiary/aromatic N) is 1. The number of carbonyl (C=O) groups excluding carboxylic acids is 2. The third-order valence-electron chi connectivity index (χ3n) is 4.73. The molecule has 176 valence electrons. The molecule has 31 heavy (non-hydrogen) atoms. The topological polar surface area (TPSA) is 153 Å². The van der Waals surface area contributed by atoms with Gasteiger partial charge in [-0.2, -0.15) is 0 Å². The molecule has 2 heterocycles. The van der Waals surface area contributed by atoms with Gasteiger partial charge in [-0.3, -0.25) is 4.79 Å². The van der Waals surface area contributed by atoms with Gasteiger partial charge in [0.2, 0.25) is 15.9 Å². The smallest absolute Gasteiger partial charge is 0.407 e. The number of primary sulfonamides is 1. The Hall–Kier alpha value is -1.70. The van der Waals surface area contributed by atoms with Gasteiger partial charge in [-0.05, 0) is 47.1 Å². The molecular weight excluding hydrogens is 466 g/mol. The number of ether oxygens (including phenoxy) is 1. The van der Waals surface area contributed by atoms with Gasteiger partial charge < -0.3 is 15.0 Å². The van der Waals surface area contributed by atoms with Crippen molar-refractivity contribution in [3.05, 3.63) is 11.6 Å². The van der Waals surface area contributed by atoms with Crippen molar-refractivity contribution in [2.75, 3.05) is 13.1 Å². The molecule has 1 aromatic rings. The molecule has 2 atom stereocenters. The molecule has 0 aromatic carbocycles. The van der Waals surface area contributed by atoms with Crippen molar-refractivity contribution < 1.29 is 31.2 Å². The summed E-state index contributed by atoms with van der Waals surface area (Å²) in [6.45, 7) is 8.78. The quantitative estimate of drug-likeness (QED) is 0.610. The molecule has 2 amide bonds. The van der Waals surface area contributed by atoms with Crippen LogP contribution in [0.3, 0.4) is 0 Å². The molecule has 0 aliphatic carbocycles. The maximum Gasteiger partial charge on any atom is 0.407 e. The highest BCUT2D eigenvalue weighted by Gasteiger charge is 2.42. The molecule has 10 nitrogen and oxygen atoms in total. The van der Waals surface area contributed by atoms with Crippen LogP contribution in [0.5, 0.6) is 0 Å². The molecule has 1 aliphatic heterocycles. The van der Waals surface area contributed by atoms with Crippen molar-refractivity contribution >= 4 is 43.2 Å². The van der Waals surface area contributed by atoms with E-state index < -0.39 is 42.8 Å². The van der Waals surface area contributed by atoms with Gasteiger partial charge in [0.15, 0.2) is 9.84 Å². The summed E-state index contributed by atoms with van der Waals surface area (Å²) in [5.74, 6) is -0.302. The Bertz CT molecular complexity index is 1060. The third kappa shape index (κ3) is 5.96. The van der Waals surface area contributed by atoms with Gasteiger partial charge in [0.05, 0.1) is 11.3 Å². The number of carbonyl (C=O) groups is 2. The van der Waals surface area contributed by atoms with E-state index in [4.69, 9.17) is 9.88 Å². The lowest BCUT2D eigenvalue weighted by Gasteiger charge is -2.36. The standard InChI is InChI=1S/C18H29N3O7S3/c1-6-21(14(22)7-8-20-17(23)28-18(3,4)5)13-9-11(2)30(24,25)16-12(13)10-15(29-16)31(19,26)27/h10-11,13H,6-9H2,1-5H3,(H,20,23)(H2,19,26,27). The number of rotatable bonds is 6. The largest absolute Gasteiger partial charge is 0.444 e. The Kier molecular flexibility index (Phi) is 7.45. The Morgan fingerprint density at radius 1 is 1.35 bits per heavy atom. The third-order valence-corrected chi connectivity index (χ3v) is 10.0. The number of alkyl carbamates (subject to hydrolysis) is 1. The van der Waals surface area contributed by atoms with Gasteiger partial charge >= 0.3 is 6.09 Å². The maximum atomic E-state index is 12.9. The minimum atomic E-state index is -4.09. The lowest BCUT2D eigenvalue weighted by molar-refractivity contribution is -0.133. The summed E-state index contributed by atoms with van der Waals surface area (Å²) in [5, 5.41) is 6.92. The maximum absolute atomic E-state index is 12.9. The van der Waals surface area contributed by atoms with Crippen molar-refractivity contribution in [3.63, 3.8) is 0 Å². The predicted molar refractivity (Wildman–Crippen MR) is 116 cm³/mol. The number of fused-ring (bicyclic) bond motifs is 1. The van der Waals surface area contributed by atoms with Gasteiger partial charge in [-0.25, -0.2) is 26.8 Å². The number of hydrogen-bond donors (Lipinski definition) is 2. The zero-order valence-corrected chi connectivity index (χ0v) is 20.6. The Morgan fingerprint density at radius 2 is 1.97 bits per heavy atom. The molecule has 1 aromatic heterocycles. The van der Waals surface area contributed by atoms with Crippen LogP contribution >= 0.6 is 11.3 Å². The zero-order valence-electron chi connectivity index (χ0n) is 18.2. The molecule has 0 saturated carbocycles. The average molecular weight is 496 g/mol. The zero-order chi connectivity index (χ0) is 23.8. The predicted octanol–water partition coefficient (Wildman–Crippen LogP) is 1.77. The number of sulfonamides is 1. The molecule has 1 aliphatic rings. The van der Waals surface area contributed by atoms with E-state index in [1.807, 2.05) is 0 Å². The lowest BCUT2D eigenvalue weighted by atomic mass is 10.0. The van der Waals surface area contributed by atoms with Crippen LogP contribution in [0.2, 0.25) is 0 Å². The molecule has 2 unspecified atom stereocenters. The number of hydrogen-bond acceptors (Lipinski definition) is 8. The van der Waals surface area contributed by atoms with E-state index in [1.54, 1.807) is 27.7 Å². The highest BCUT2D eigenvalue weighted by Crippen LogP contribution is 2.45. The van der Waals surface area contributed by atoms with Crippen molar-refractivity contribution in [1.29, 1.82) is 0 Å². The number of amides is 2. The minimum Gasteiger partial charge on any atom is -0.444 e. The first-order valence-corrected chi connectivity index (χ1v) is 13.7. The fourth-order valence-corrected chi connectivity index (χ4v) is 7.70. The fraction of sp³-hybridized carbons (Fsp3) is 0.667. The van der Waals surface area contributed by atoms with E-state index in [9.17, 15) is 26.4 Å². The van der Waals surface area contributed by atoms with E-state index in [2.05, 4.69) is 5.32 Å². The van der Waals surface area contributed by atoms with Crippen molar-refractivity contribution in [3.8, 4) is 0 Å². The average Bonchev–Trinajstić information content (AvgIpc) is 3.05. The summed E-state index contributed by atoms with van der Waals surface area (Å²) in [5.41, 5.74) is -0.397. The van der Waals surface area contributed by atoms with Crippen molar-refractivity contribution in [2.24, 2.45) is 5.14 Å². The SMILES string of the molecule is CCN(C(=O)CCNC(=O)OC(C)(C)C)C1CC(C)S(=O)(=O)c2sc(S(N)(=O)=O)cc21. The normalized spacial score (nSPS) is 20.6. The highest BCUT2D eigenvalue weighted by molar-refractivity contribution is 7.95. The summed E-state index contributed by atoms with van der Waals surface area (Å²) in [6, 6.07) is 0.637. The summed E-state index contributed by atoms with van der Waals surface area (Å²) in [4.78, 5) is 26.1. The summed E-state index contributed by atoms with van der Waals surface area (Å²) < 4.78 is 53.9. The Balaban J connectivity index is 2.24. The van der Waals surface area contributed by atoms with Crippen molar-refractivity contribution in [1.82, 2.24) is 10.2 Å². The minimum absolute atomic E-state index is 0.0216. The van der Waals surface area contributed by atoms with Crippen LogP contribution in [0.1, 0.15) is 59.1 Å². The Labute approximate surface area is 187 Å². The van der Waals surface area contributed by atoms with Gasteiger partial charge in [0, 0.05) is 25.1 Å². The first kappa shape index (κ1) is 25.6. The number of thiophene rings is 1. The molecule has 3 N–H and O–H groups in total.